The standard InChI is InChI=1S/C17H19N3O3/c1-10-18-14-7-13(4-5-15(14)23-10)19-17(22)12-6-16(21)20(9-12)8-11-2-3-11/h4-5,7,11-12H,2-3,6,8-9H2,1H3,(H,19,22)/t12-/m1/s1. The number of fused-ring (bicyclic) bond motifs is 1. The monoisotopic (exact) mass is 313 g/mol. The number of hydrogen-bond donors (Lipinski definition) is 1. The van der Waals surface area contributed by atoms with E-state index in [0.717, 1.165) is 12.1 Å². The second kappa shape index (κ2) is 5.37. The van der Waals surface area contributed by atoms with Gasteiger partial charge in [-0.3, -0.25) is 9.59 Å². The van der Waals surface area contributed by atoms with Crippen molar-refractivity contribution < 1.29 is 14.0 Å². The molecule has 120 valence electrons. The molecule has 1 saturated heterocycles. The average molecular weight is 313 g/mol. The summed E-state index contributed by atoms with van der Waals surface area (Å²) in [6, 6.07) is 5.39. The molecule has 6 nitrogen and oxygen atoms in total. The molecule has 0 bridgehead atoms. The van der Waals surface area contributed by atoms with Gasteiger partial charge < -0.3 is 14.6 Å². The molecule has 2 heterocycles. The first-order chi connectivity index (χ1) is 11.1. The molecule has 0 unspecified atom stereocenters. The molecule has 2 aromatic rings. The maximum Gasteiger partial charge on any atom is 0.229 e. The number of aromatic nitrogens is 1. The van der Waals surface area contributed by atoms with Crippen molar-refractivity contribution in [3.63, 3.8) is 0 Å². The average Bonchev–Trinajstić information content (AvgIpc) is 3.13. The molecule has 1 N–H and O–H groups in total. The Morgan fingerprint density at radius 1 is 1.43 bits per heavy atom. The molecule has 2 aliphatic rings. The zero-order valence-corrected chi connectivity index (χ0v) is 13.0. The Morgan fingerprint density at radius 3 is 3.04 bits per heavy atom. The Kier molecular flexibility index (Phi) is 3.32. The largest absolute Gasteiger partial charge is 0.441 e. The summed E-state index contributed by atoms with van der Waals surface area (Å²) in [6.45, 7) is 3.14. The van der Waals surface area contributed by atoms with Crippen LogP contribution in [0.5, 0.6) is 0 Å². The number of carbonyl (C=O) groups is 2. The Labute approximate surface area is 133 Å². The first-order valence-corrected chi connectivity index (χ1v) is 8.04. The van der Waals surface area contributed by atoms with Crippen LogP contribution in [0.15, 0.2) is 22.6 Å². The fraction of sp³-hybridized carbons (Fsp3) is 0.471. The topological polar surface area (TPSA) is 75.4 Å². The van der Waals surface area contributed by atoms with Crippen LogP contribution in [0, 0.1) is 18.8 Å². The SMILES string of the molecule is Cc1nc2cc(NC(=O)[C@@H]3CC(=O)N(CC4CC4)C3)ccc2o1. The predicted molar refractivity (Wildman–Crippen MR) is 84.8 cm³/mol. The van der Waals surface area contributed by atoms with E-state index in [9.17, 15) is 9.59 Å². The number of rotatable bonds is 4. The van der Waals surface area contributed by atoms with Crippen LogP contribution in [0.4, 0.5) is 5.69 Å². The molecule has 0 spiro atoms. The molecule has 1 aliphatic carbocycles. The highest BCUT2D eigenvalue weighted by atomic mass is 16.3. The van der Waals surface area contributed by atoms with Gasteiger partial charge in [-0.2, -0.15) is 0 Å². The minimum Gasteiger partial charge on any atom is -0.441 e. The van der Waals surface area contributed by atoms with E-state index in [1.807, 2.05) is 4.90 Å². The van der Waals surface area contributed by atoms with E-state index in [0.29, 0.717) is 36.0 Å². The lowest BCUT2D eigenvalue weighted by atomic mass is 10.1. The smallest absolute Gasteiger partial charge is 0.229 e. The number of aryl methyl sites for hydroxylation is 1. The van der Waals surface area contributed by atoms with Crippen LogP contribution in [0.25, 0.3) is 11.1 Å². The minimum absolute atomic E-state index is 0.0969. The normalized spacial score (nSPS) is 21.2. The van der Waals surface area contributed by atoms with Crippen molar-refractivity contribution in [2.75, 3.05) is 18.4 Å². The lowest BCUT2D eigenvalue weighted by molar-refractivity contribution is -0.128. The molecule has 1 aromatic carbocycles. The van der Waals surface area contributed by atoms with Crippen LogP contribution in [0.3, 0.4) is 0 Å². The number of amides is 2. The van der Waals surface area contributed by atoms with Crippen molar-refractivity contribution >= 4 is 28.6 Å². The van der Waals surface area contributed by atoms with Gasteiger partial charge in [0.05, 0.1) is 5.92 Å². The van der Waals surface area contributed by atoms with Crippen molar-refractivity contribution in [1.29, 1.82) is 0 Å². The lowest BCUT2D eigenvalue weighted by Crippen LogP contribution is -2.29. The Bertz CT molecular complexity index is 778. The number of anilines is 1. The van der Waals surface area contributed by atoms with Crippen LogP contribution >= 0.6 is 0 Å². The Morgan fingerprint density at radius 2 is 2.26 bits per heavy atom. The molecule has 2 fully saturated rings. The van der Waals surface area contributed by atoms with Gasteiger partial charge in [-0.15, -0.1) is 0 Å². The number of benzene rings is 1. The van der Waals surface area contributed by atoms with Crippen LogP contribution in [0.2, 0.25) is 0 Å². The fourth-order valence-electron chi connectivity index (χ4n) is 3.10. The van der Waals surface area contributed by atoms with Crippen molar-refractivity contribution in [2.24, 2.45) is 11.8 Å². The summed E-state index contributed by atoms with van der Waals surface area (Å²) in [7, 11) is 0. The highest BCUT2D eigenvalue weighted by Gasteiger charge is 2.37. The van der Waals surface area contributed by atoms with Gasteiger partial charge in [0, 0.05) is 32.1 Å². The Balaban J connectivity index is 1.43. The highest BCUT2D eigenvalue weighted by molar-refractivity contribution is 5.98. The molecule has 23 heavy (non-hydrogen) atoms. The lowest BCUT2D eigenvalue weighted by Gasteiger charge is -2.16. The molecule has 6 heteroatoms. The summed E-state index contributed by atoms with van der Waals surface area (Å²) >= 11 is 0. The second-order valence-electron chi connectivity index (χ2n) is 6.55. The quantitative estimate of drug-likeness (QED) is 0.940. The Hall–Kier alpha value is -2.37. The van der Waals surface area contributed by atoms with Crippen LogP contribution in [-0.4, -0.2) is 34.8 Å². The molecule has 1 aromatic heterocycles. The molecular weight excluding hydrogens is 294 g/mol. The molecule has 1 aliphatic heterocycles. The number of nitrogens with one attached hydrogen (secondary N) is 1. The van der Waals surface area contributed by atoms with Crippen LogP contribution in [-0.2, 0) is 9.59 Å². The van der Waals surface area contributed by atoms with E-state index in [4.69, 9.17) is 4.42 Å². The van der Waals surface area contributed by atoms with Gasteiger partial charge in [-0.05, 0) is 37.0 Å². The first-order valence-electron chi connectivity index (χ1n) is 8.04. The highest BCUT2D eigenvalue weighted by Crippen LogP contribution is 2.32. The van der Waals surface area contributed by atoms with Gasteiger partial charge in [-0.25, -0.2) is 4.98 Å². The molecule has 2 amide bonds. The molecule has 4 rings (SSSR count). The number of nitrogens with zero attached hydrogens (tertiary/aromatic N) is 2. The molecular formula is C17H19N3O3. The summed E-state index contributed by atoms with van der Waals surface area (Å²) in [5, 5.41) is 2.90. The van der Waals surface area contributed by atoms with Gasteiger partial charge in [0.15, 0.2) is 11.5 Å². The number of oxazole rings is 1. The van der Waals surface area contributed by atoms with Gasteiger partial charge in [0.2, 0.25) is 11.8 Å². The zero-order chi connectivity index (χ0) is 16.0. The van der Waals surface area contributed by atoms with Crippen molar-refractivity contribution in [1.82, 2.24) is 9.88 Å². The third-order valence-corrected chi connectivity index (χ3v) is 4.52. The number of likely N-dealkylation sites (tertiary alicyclic amines) is 1. The number of carbonyl (C=O) groups excluding carboxylic acids is 2. The van der Waals surface area contributed by atoms with Crippen LogP contribution < -0.4 is 5.32 Å². The molecule has 0 radical (unpaired) electrons. The summed E-state index contributed by atoms with van der Waals surface area (Å²) in [5.41, 5.74) is 2.11. The maximum absolute atomic E-state index is 12.4. The fourth-order valence-corrected chi connectivity index (χ4v) is 3.10. The van der Waals surface area contributed by atoms with Crippen molar-refractivity contribution in [3.05, 3.63) is 24.1 Å². The first kappa shape index (κ1) is 14.2. The summed E-state index contributed by atoms with van der Waals surface area (Å²) < 4.78 is 5.42. The van der Waals surface area contributed by atoms with E-state index in [-0.39, 0.29) is 17.7 Å². The molecule has 1 atom stereocenters. The predicted octanol–water partition coefficient (Wildman–Crippen LogP) is 2.33. The minimum atomic E-state index is -0.268. The van der Waals surface area contributed by atoms with E-state index >= 15 is 0 Å². The van der Waals surface area contributed by atoms with E-state index in [1.165, 1.54) is 12.8 Å². The van der Waals surface area contributed by atoms with Crippen LogP contribution in [0.1, 0.15) is 25.2 Å². The van der Waals surface area contributed by atoms with Gasteiger partial charge >= 0.3 is 0 Å². The van der Waals surface area contributed by atoms with Gasteiger partial charge in [-0.1, -0.05) is 0 Å². The summed E-state index contributed by atoms with van der Waals surface area (Å²) in [6.07, 6.45) is 2.72. The van der Waals surface area contributed by atoms with E-state index in [2.05, 4.69) is 10.3 Å². The van der Waals surface area contributed by atoms with E-state index in [1.54, 1.807) is 25.1 Å². The summed E-state index contributed by atoms with van der Waals surface area (Å²) in [5.74, 6) is 0.978. The second-order valence-corrected chi connectivity index (χ2v) is 6.55. The third kappa shape index (κ3) is 2.93. The van der Waals surface area contributed by atoms with Crippen molar-refractivity contribution in [3.8, 4) is 0 Å². The van der Waals surface area contributed by atoms with Gasteiger partial charge in [0.1, 0.15) is 5.52 Å². The van der Waals surface area contributed by atoms with Crippen molar-refractivity contribution in [2.45, 2.75) is 26.2 Å². The number of hydrogen-bond acceptors (Lipinski definition) is 4. The maximum atomic E-state index is 12.4. The third-order valence-electron chi connectivity index (χ3n) is 4.52. The van der Waals surface area contributed by atoms with Gasteiger partial charge in [0.25, 0.3) is 0 Å². The molecule has 1 saturated carbocycles. The summed E-state index contributed by atoms with van der Waals surface area (Å²) in [4.78, 5) is 30.5. The zero-order valence-electron chi connectivity index (χ0n) is 13.0. The van der Waals surface area contributed by atoms with E-state index < -0.39 is 0 Å².